The number of likely N-dealkylation sites (tertiary alicyclic amines) is 1. The van der Waals surface area contributed by atoms with Crippen LogP contribution in [0.1, 0.15) is 23.2 Å². The summed E-state index contributed by atoms with van der Waals surface area (Å²) in [7, 11) is 1.47. The van der Waals surface area contributed by atoms with Gasteiger partial charge in [-0.15, -0.1) is 0 Å². The number of piperidine rings is 1. The van der Waals surface area contributed by atoms with E-state index in [1.165, 1.54) is 25.3 Å². The van der Waals surface area contributed by atoms with E-state index < -0.39 is 5.82 Å². The standard InChI is InChI=1S/C15H20FNO3/c1-20-15-3-2-12(16)8-13(15)14(19)9-17-6-4-11(10-18)5-7-17/h2-3,8,11,18H,4-7,9-10H2,1H3. The van der Waals surface area contributed by atoms with Gasteiger partial charge in [-0.05, 0) is 50.0 Å². The van der Waals surface area contributed by atoms with Crippen molar-refractivity contribution in [1.29, 1.82) is 0 Å². The molecule has 110 valence electrons. The van der Waals surface area contributed by atoms with Gasteiger partial charge in [-0.3, -0.25) is 9.69 Å². The lowest BCUT2D eigenvalue weighted by atomic mass is 9.97. The second-order valence-corrected chi connectivity index (χ2v) is 5.17. The maximum Gasteiger partial charge on any atom is 0.180 e. The van der Waals surface area contributed by atoms with Crippen molar-refractivity contribution >= 4 is 5.78 Å². The normalized spacial score (nSPS) is 17.1. The summed E-state index contributed by atoms with van der Waals surface area (Å²) in [4.78, 5) is 14.3. The van der Waals surface area contributed by atoms with Crippen LogP contribution in [-0.2, 0) is 0 Å². The molecule has 0 unspecified atom stereocenters. The molecule has 2 rings (SSSR count). The predicted molar refractivity (Wildman–Crippen MR) is 73.5 cm³/mol. The van der Waals surface area contributed by atoms with Crippen LogP contribution >= 0.6 is 0 Å². The van der Waals surface area contributed by atoms with E-state index in [1.807, 2.05) is 4.90 Å². The van der Waals surface area contributed by atoms with Crippen LogP contribution in [0.3, 0.4) is 0 Å². The number of carbonyl (C=O) groups excluding carboxylic acids is 1. The van der Waals surface area contributed by atoms with Gasteiger partial charge in [0.2, 0.25) is 0 Å². The number of halogens is 1. The molecular weight excluding hydrogens is 261 g/mol. The number of ether oxygens (including phenoxy) is 1. The number of nitrogens with zero attached hydrogens (tertiary/aromatic N) is 1. The van der Waals surface area contributed by atoms with Crippen molar-refractivity contribution in [2.75, 3.05) is 33.4 Å². The molecule has 1 heterocycles. The Morgan fingerprint density at radius 3 is 2.75 bits per heavy atom. The first-order valence-electron chi connectivity index (χ1n) is 6.84. The molecule has 5 heteroatoms. The van der Waals surface area contributed by atoms with E-state index in [2.05, 4.69) is 0 Å². The third kappa shape index (κ3) is 3.55. The molecule has 1 N–H and O–H groups in total. The fraction of sp³-hybridized carbons (Fsp3) is 0.533. The van der Waals surface area contributed by atoms with E-state index in [-0.39, 0.29) is 24.5 Å². The topological polar surface area (TPSA) is 49.8 Å². The van der Waals surface area contributed by atoms with Crippen LogP contribution in [-0.4, -0.2) is 49.1 Å². The summed E-state index contributed by atoms with van der Waals surface area (Å²) < 4.78 is 18.4. The van der Waals surface area contributed by atoms with Gasteiger partial charge in [-0.1, -0.05) is 0 Å². The maximum absolute atomic E-state index is 13.3. The number of ketones is 1. The molecule has 1 aromatic carbocycles. The van der Waals surface area contributed by atoms with Crippen molar-refractivity contribution in [3.63, 3.8) is 0 Å². The first-order chi connectivity index (χ1) is 9.63. The maximum atomic E-state index is 13.3. The number of aliphatic hydroxyl groups is 1. The minimum Gasteiger partial charge on any atom is -0.496 e. The van der Waals surface area contributed by atoms with Gasteiger partial charge in [0, 0.05) is 6.61 Å². The van der Waals surface area contributed by atoms with E-state index in [4.69, 9.17) is 9.84 Å². The molecule has 20 heavy (non-hydrogen) atoms. The average molecular weight is 281 g/mol. The summed E-state index contributed by atoms with van der Waals surface area (Å²) >= 11 is 0. The number of benzene rings is 1. The fourth-order valence-electron chi connectivity index (χ4n) is 2.51. The van der Waals surface area contributed by atoms with Crippen LogP contribution in [0.5, 0.6) is 5.75 Å². The lowest BCUT2D eigenvalue weighted by Crippen LogP contribution is -2.38. The number of rotatable bonds is 5. The van der Waals surface area contributed by atoms with Gasteiger partial charge in [0.1, 0.15) is 11.6 Å². The third-order valence-corrected chi connectivity index (χ3v) is 3.79. The van der Waals surface area contributed by atoms with Gasteiger partial charge in [-0.25, -0.2) is 4.39 Å². The molecular formula is C15H20FNO3. The molecule has 1 fully saturated rings. The number of methoxy groups -OCH3 is 1. The highest BCUT2D eigenvalue weighted by Gasteiger charge is 2.22. The van der Waals surface area contributed by atoms with Gasteiger partial charge in [-0.2, -0.15) is 0 Å². The van der Waals surface area contributed by atoms with Crippen molar-refractivity contribution in [2.45, 2.75) is 12.8 Å². The number of carbonyl (C=O) groups is 1. The lowest BCUT2D eigenvalue weighted by Gasteiger charge is -2.30. The summed E-state index contributed by atoms with van der Waals surface area (Å²) in [6, 6.07) is 3.98. The molecule has 0 atom stereocenters. The number of Topliss-reactive ketones (excluding diaryl/α,β-unsaturated/α-hetero) is 1. The zero-order valence-electron chi connectivity index (χ0n) is 11.6. The molecule has 0 aromatic heterocycles. The predicted octanol–water partition coefficient (Wildman–Crippen LogP) is 1.72. The molecule has 0 bridgehead atoms. The first-order valence-corrected chi connectivity index (χ1v) is 6.84. The molecule has 0 radical (unpaired) electrons. The molecule has 1 saturated heterocycles. The quantitative estimate of drug-likeness (QED) is 0.835. The van der Waals surface area contributed by atoms with Crippen molar-refractivity contribution in [2.24, 2.45) is 5.92 Å². The van der Waals surface area contributed by atoms with Gasteiger partial charge in [0.05, 0.1) is 19.2 Å². The van der Waals surface area contributed by atoms with Crippen molar-refractivity contribution in [3.8, 4) is 5.75 Å². The minimum atomic E-state index is -0.437. The van der Waals surface area contributed by atoms with Crippen LogP contribution < -0.4 is 4.74 Å². The van der Waals surface area contributed by atoms with Gasteiger partial charge >= 0.3 is 0 Å². The lowest BCUT2D eigenvalue weighted by molar-refractivity contribution is 0.0861. The summed E-state index contributed by atoms with van der Waals surface area (Å²) in [5.74, 6) is 0.170. The van der Waals surface area contributed by atoms with E-state index in [9.17, 15) is 9.18 Å². The molecule has 0 spiro atoms. The molecule has 0 aliphatic carbocycles. The Hall–Kier alpha value is -1.46. The van der Waals surface area contributed by atoms with Crippen molar-refractivity contribution in [3.05, 3.63) is 29.6 Å². The molecule has 0 saturated carbocycles. The zero-order valence-corrected chi connectivity index (χ0v) is 11.6. The highest BCUT2D eigenvalue weighted by Crippen LogP contribution is 2.22. The van der Waals surface area contributed by atoms with Crippen molar-refractivity contribution < 1.29 is 19.0 Å². The third-order valence-electron chi connectivity index (χ3n) is 3.79. The Bertz CT molecular complexity index is 470. The second-order valence-electron chi connectivity index (χ2n) is 5.17. The van der Waals surface area contributed by atoms with Crippen LogP contribution in [0, 0.1) is 11.7 Å². The highest BCUT2D eigenvalue weighted by molar-refractivity contribution is 6.00. The summed E-state index contributed by atoms with van der Waals surface area (Å²) in [5.41, 5.74) is 0.289. The summed E-state index contributed by atoms with van der Waals surface area (Å²) in [6.45, 7) is 2.04. The van der Waals surface area contributed by atoms with Gasteiger partial charge in [0.25, 0.3) is 0 Å². The van der Waals surface area contributed by atoms with E-state index in [1.54, 1.807) is 0 Å². The second kappa shape index (κ2) is 6.81. The smallest absolute Gasteiger partial charge is 0.180 e. The zero-order chi connectivity index (χ0) is 14.5. The van der Waals surface area contributed by atoms with Crippen LogP contribution in [0.25, 0.3) is 0 Å². The molecule has 1 aliphatic rings. The molecule has 4 nitrogen and oxygen atoms in total. The number of aliphatic hydroxyl groups excluding tert-OH is 1. The molecule has 0 amide bonds. The summed E-state index contributed by atoms with van der Waals surface area (Å²) in [5, 5.41) is 9.09. The van der Waals surface area contributed by atoms with E-state index in [0.29, 0.717) is 11.7 Å². The number of hydrogen-bond donors (Lipinski definition) is 1. The van der Waals surface area contributed by atoms with E-state index >= 15 is 0 Å². The monoisotopic (exact) mass is 281 g/mol. The Morgan fingerprint density at radius 2 is 2.15 bits per heavy atom. The molecule has 1 aliphatic heterocycles. The van der Waals surface area contributed by atoms with Crippen LogP contribution in [0.4, 0.5) is 4.39 Å². The van der Waals surface area contributed by atoms with E-state index in [0.717, 1.165) is 25.9 Å². The summed E-state index contributed by atoms with van der Waals surface area (Å²) in [6.07, 6.45) is 1.79. The first kappa shape index (κ1) is 14.9. The number of hydrogen-bond acceptors (Lipinski definition) is 4. The largest absolute Gasteiger partial charge is 0.496 e. The van der Waals surface area contributed by atoms with Gasteiger partial charge < -0.3 is 9.84 Å². The highest BCUT2D eigenvalue weighted by atomic mass is 19.1. The van der Waals surface area contributed by atoms with Gasteiger partial charge in [0.15, 0.2) is 5.78 Å². The Labute approximate surface area is 118 Å². The Morgan fingerprint density at radius 1 is 1.45 bits per heavy atom. The van der Waals surface area contributed by atoms with Crippen LogP contribution in [0.2, 0.25) is 0 Å². The minimum absolute atomic E-state index is 0.135. The molecule has 1 aromatic rings. The van der Waals surface area contributed by atoms with Crippen molar-refractivity contribution in [1.82, 2.24) is 4.90 Å². The Balaban J connectivity index is 2.00. The fourth-order valence-corrected chi connectivity index (χ4v) is 2.51. The van der Waals surface area contributed by atoms with Crippen LogP contribution in [0.15, 0.2) is 18.2 Å². The average Bonchev–Trinajstić information content (AvgIpc) is 2.48. The Kier molecular flexibility index (Phi) is 5.09. The SMILES string of the molecule is COc1ccc(F)cc1C(=O)CN1CCC(CO)CC1.